The van der Waals surface area contributed by atoms with Gasteiger partial charge in [0, 0.05) is 19.2 Å². The van der Waals surface area contributed by atoms with Gasteiger partial charge < -0.3 is 20.1 Å². The average molecular weight is 264 g/mol. The van der Waals surface area contributed by atoms with Gasteiger partial charge in [0.05, 0.1) is 18.0 Å². The normalized spacial score (nSPS) is 14.5. The fraction of sp³-hybridized carbons (Fsp3) is 0.500. The molecule has 1 aromatic carbocycles. The molecular formula is C14H20N2O3. The molecule has 0 aromatic heterocycles. The van der Waals surface area contributed by atoms with Gasteiger partial charge in [-0.15, -0.1) is 0 Å². The van der Waals surface area contributed by atoms with Crippen molar-refractivity contribution in [3.8, 4) is 5.75 Å². The van der Waals surface area contributed by atoms with E-state index in [0.717, 1.165) is 18.8 Å². The van der Waals surface area contributed by atoms with Crippen LogP contribution in [0.3, 0.4) is 0 Å². The van der Waals surface area contributed by atoms with E-state index in [1.807, 2.05) is 12.1 Å². The van der Waals surface area contributed by atoms with E-state index >= 15 is 0 Å². The van der Waals surface area contributed by atoms with Gasteiger partial charge in [-0.25, -0.2) is 4.79 Å². The molecule has 0 aliphatic carbocycles. The summed E-state index contributed by atoms with van der Waals surface area (Å²) < 4.78 is 10.1. The highest BCUT2D eigenvalue weighted by molar-refractivity contribution is 5.72. The smallest absolute Gasteiger partial charge is 0.344 e. The maximum absolute atomic E-state index is 11.2. The number of carbonyl (C=O) groups is 1. The number of ether oxygens (including phenoxy) is 2. The molecule has 2 rings (SSSR count). The molecule has 0 atom stereocenters. The zero-order valence-corrected chi connectivity index (χ0v) is 11.2. The van der Waals surface area contributed by atoms with Gasteiger partial charge in [-0.05, 0) is 31.9 Å². The van der Waals surface area contributed by atoms with E-state index in [1.54, 1.807) is 13.0 Å². The van der Waals surface area contributed by atoms with Gasteiger partial charge in [0.25, 0.3) is 0 Å². The lowest BCUT2D eigenvalue weighted by Crippen LogP contribution is -2.19. The van der Waals surface area contributed by atoms with Crippen LogP contribution in [0.1, 0.15) is 19.8 Å². The highest BCUT2D eigenvalue weighted by Crippen LogP contribution is 2.30. The molecule has 1 fully saturated rings. The predicted octanol–water partition coefficient (Wildman–Crippen LogP) is 1.81. The zero-order valence-electron chi connectivity index (χ0n) is 11.2. The minimum absolute atomic E-state index is 0.0870. The largest absolute Gasteiger partial charge is 0.482 e. The summed E-state index contributed by atoms with van der Waals surface area (Å²) in [4.78, 5) is 13.5. The molecule has 0 amide bonds. The Bertz CT molecular complexity index is 442. The zero-order chi connectivity index (χ0) is 13.7. The molecule has 5 heteroatoms. The molecule has 0 spiro atoms. The average Bonchev–Trinajstić information content (AvgIpc) is 2.90. The Morgan fingerprint density at radius 1 is 1.37 bits per heavy atom. The highest BCUT2D eigenvalue weighted by atomic mass is 16.6. The molecule has 1 aromatic rings. The fourth-order valence-electron chi connectivity index (χ4n) is 2.21. The Balaban J connectivity index is 1.96. The summed E-state index contributed by atoms with van der Waals surface area (Å²) in [6.45, 7) is 4.13. The first kappa shape index (κ1) is 13.5. The number of esters is 1. The Labute approximate surface area is 113 Å². The molecule has 1 saturated heterocycles. The minimum Gasteiger partial charge on any atom is -0.482 e. The number of hydrogen-bond donors (Lipinski definition) is 1. The molecule has 2 N–H and O–H groups in total. The number of benzene rings is 1. The van der Waals surface area contributed by atoms with Gasteiger partial charge in [-0.3, -0.25) is 0 Å². The van der Waals surface area contributed by atoms with Crippen LogP contribution in [-0.2, 0) is 9.53 Å². The summed E-state index contributed by atoms with van der Waals surface area (Å²) in [5.41, 5.74) is 7.75. The molecule has 0 saturated carbocycles. The maximum atomic E-state index is 11.2. The van der Waals surface area contributed by atoms with Crippen LogP contribution in [0.5, 0.6) is 5.75 Å². The summed E-state index contributed by atoms with van der Waals surface area (Å²) in [6.07, 6.45) is 2.42. The lowest BCUT2D eigenvalue weighted by Gasteiger charge is -2.20. The summed E-state index contributed by atoms with van der Waals surface area (Å²) in [5.74, 6) is 0.221. The minimum atomic E-state index is -0.371. The van der Waals surface area contributed by atoms with Crippen LogP contribution < -0.4 is 15.4 Å². The van der Waals surface area contributed by atoms with Crippen LogP contribution >= 0.6 is 0 Å². The van der Waals surface area contributed by atoms with Gasteiger partial charge >= 0.3 is 5.97 Å². The predicted molar refractivity (Wildman–Crippen MR) is 74.4 cm³/mol. The number of anilines is 2. The van der Waals surface area contributed by atoms with Crippen LogP contribution in [0, 0.1) is 0 Å². The van der Waals surface area contributed by atoms with Gasteiger partial charge in [-0.1, -0.05) is 0 Å². The number of rotatable bonds is 5. The number of carbonyl (C=O) groups excluding carboxylic acids is 1. The monoisotopic (exact) mass is 264 g/mol. The molecular weight excluding hydrogens is 244 g/mol. The molecule has 1 aliphatic rings. The van der Waals surface area contributed by atoms with E-state index in [9.17, 15) is 4.79 Å². The molecule has 0 radical (unpaired) electrons. The van der Waals surface area contributed by atoms with Crippen molar-refractivity contribution < 1.29 is 14.3 Å². The molecule has 5 nitrogen and oxygen atoms in total. The number of nitrogens with two attached hydrogens (primary N) is 1. The fourth-order valence-corrected chi connectivity index (χ4v) is 2.21. The van der Waals surface area contributed by atoms with Crippen LogP contribution in [0.25, 0.3) is 0 Å². The number of nitrogen functional groups attached to an aromatic ring is 1. The van der Waals surface area contributed by atoms with E-state index in [1.165, 1.54) is 12.8 Å². The van der Waals surface area contributed by atoms with E-state index in [2.05, 4.69) is 4.90 Å². The van der Waals surface area contributed by atoms with Gasteiger partial charge in [0.1, 0.15) is 5.75 Å². The van der Waals surface area contributed by atoms with Crippen molar-refractivity contribution in [3.05, 3.63) is 18.2 Å². The summed E-state index contributed by atoms with van der Waals surface area (Å²) >= 11 is 0. The third-order valence-corrected chi connectivity index (χ3v) is 3.11. The maximum Gasteiger partial charge on any atom is 0.344 e. The summed E-state index contributed by atoms with van der Waals surface area (Å²) in [5, 5.41) is 0. The van der Waals surface area contributed by atoms with Crippen LogP contribution in [0.15, 0.2) is 18.2 Å². The van der Waals surface area contributed by atoms with Crippen molar-refractivity contribution in [1.29, 1.82) is 0 Å². The van der Waals surface area contributed by atoms with Gasteiger partial charge in [0.2, 0.25) is 0 Å². The topological polar surface area (TPSA) is 64.8 Å². The third kappa shape index (κ3) is 3.53. The van der Waals surface area contributed by atoms with Crippen molar-refractivity contribution in [3.63, 3.8) is 0 Å². The van der Waals surface area contributed by atoms with Crippen molar-refractivity contribution in [2.45, 2.75) is 19.8 Å². The van der Waals surface area contributed by atoms with Crippen LogP contribution in [-0.4, -0.2) is 32.3 Å². The van der Waals surface area contributed by atoms with Gasteiger partial charge in [-0.2, -0.15) is 0 Å². The van der Waals surface area contributed by atoms with Crippen LogP contribution in [0.4, 0.5) is 11.4 Å². The van der Waals surface area contributed by atoms with Crippen molar-refractivity contribution in [1.82, 2.24) is 0 Å². The van der Waals surface area contributed by atoms with E-state index in [0.29, 0.717) is 18.0 Å². The Morgan fingerprint density at radius 3 is 2.74 bits per heavy atom. The van der Waals surface area contributed by atoms with E-state index < -0.39 is 0 Å². The lowest BCUT2D eigenvalue weighted by molar-refractivity contribution is -0.145. The second kappa shape index (κ2) is 6.31. The van der Waals surface area contributed by atoms with E-state index in [-0.39, 0.29) is 12.6 Å². The summed E-state index contributed by atoms with van der Waals surface area (Å²) in [7, 11) is 0. The quantitative estimate of drug-likeness (QED) is 0.649. The number of hydrogen-bond acceptors (Lipinski definition) is 5. The van der Waals surface area contributed by atoms with Crippen LogP contribution in [0.2, 0.25) is 0 Å². The van der Waals surface area contributed by atoms with Crippen molar-refractivity contribution in [2.24, 2.45) is 0 Å². The Morgan fingerprint density at radius 2 is 2.11 bits per heavy atom. The lowest BCUT2D eigenvalue weighted by atomic mass is 10.2. The number of nitrogens with zero attached hydrogens (tertiary/aromatic N) is 1. The van der Waals surface area contributed by atoms with Crippen molar-refractivity contribution >= 4 is 17.3 Å². The second-order valence-electron chi connectivity index (χ2n) is 4.51. The molecule has 0 bridgehead atoms. The standard InChI is InChI=1S/C14H20N2O3/c1-2-18-14(17)10-19-11-5-6-13(12(15)9-11)16-7-3-4-8-16/h5-6,9H,2-4,7-8,10,15H2,1H3. The first-order valence-electron chi connectivity index (χ1n) is 6.63. The first-order valence-corrected chi connectivity index (χ1v) is 6.63. The highest BCUT2D eigenvalue weighted by Gasteiger charge is 2.15. The molecule has 1 heterocycles. The second-order valence-corrected chi connectivity index (χ2v) is 4.51. The van der Waals surface area contributed by atoms with E-state index in [4.69, 9.17) is 15.2 Å². The Kier molecular flexibility index (Phi) is 4.49. The SMILES string of the molecule is CCOC(=O)COc1ccc(N2CCCC2)c(N)c1. The molecule has 19 heavy (non-hydrogen) atoms. The first-order chi connectivity index (χ1) is 9.20. The summed E-state index contributed by atoms with van der Waals surface area (Å²) in [6, 6.07) is 5.54. The molecule has 0 unspecified atom stereocenters. The van der Waals surface area contributed by atoms with Crippen molar-refractivity contribution in [2.75, 3.05) is 36.9 Å². The third-order valence-electron chi connectivity index (χ3n) is 3.11. The molecule has 1 aliphatic heterocycles. The van der Waals surface area contributed by atoms with Gasteiger partial charge in [0.15, 0.2) is 6.61 Å². The Hall–Kier alpha value is -1.91. The molecule has 104 valence electrons.